The van der Waals surface area contributed by atoms with Crippen LogP contribution >= 0.6 is 22.9 Å². The van der Waals surface area contributed by atoms with Crippen LogP contribution in [0.5, 0.6) is 5.75 Å². The second-order valence-electron chi connectivity index (χ2n) is 6.47. The molecule has 0 saturated heterocycles. The van der Waals surface area contributed by atoms with Crippen LogP contribution in [0.25, 0.3) is 21.5 Å². The molecule has 0 bridgehead atoms. The standard InChI is InChI=1S/C21H18ClN3O2S/c1-12-7-8-17(16(22)9-12)23-20(26)18-11-15-19(24-25(2)21(15)28-18)13-5-4-6-14(10-13)27-3/h4-11H,1-3H3,(H,23,26). The molecular weight excluding hydrogens is 394 g/mol. The molecule has 2 heterocycles. The summed E-state index contributed by atoms with van der Waals surface area (Å²) in [6, 6.07) is 15.2. The number of anilines is 1. The van der Waals surface area contributed by atoms with Gasteiger partial charge in [-0.2, -0.15) is 5.10 Å². The molecule has 4 rings (SSSR count). The molecule has 7 heteroatoms. The first-order valence-corrected chi connectivity index (χ1v) is 9.84. The van der Waals surface area contributed by atoms with E-state index in [-0.39, 0.29) is 5.91 Å². The number of rotatable bonds is 4. The Balaban J connectivity index is 1.70. The molecule has 1 amide bonds. The minimum absolute atomic E-state index is 0.191. The fourth-order valence-electron chi connectivity index (χ4n) is 3.04. The minimum Gasteiger partial charge on any atom is -0.497 e. The van der Waals surface area contributed by atoms with E-state index in [9.17, 15) is 4.79 Å². The highest BCUT2D eigenvalue weighted by Gasteiger charge is 2.19. The Bertz CT molecular complexity index is 1200. The van der Waals surface area contributed by atoms with E-state index < -0.39 is 0 Å². The molecule has 0 saturated carbocycles. The Morgan fingerprint density at radius 3 is 2.79 bits per heavy atom. The molecule has 0 aliphatic heterocycles. The van der Waals surface area contributed by atoms with Crippen molar-refractivity contribution in [2.75, 3.05) is 12.4 Å². The summed E-state index contributed by atoms with van der Waals surface area (Å²) in [6.07, 6.45) is 0. The van der Waals surface area contributed by atoms with Crippen molar-refractivity contribution in [1.82, 2.24) is 9.78 Å². The zero-order valence-electron chi connectivity index (χ0n) is 15.6. The van der Waals surface area contributed by atoms with E-state index in [1.165, 1.54) is 11.3 Å². The van der Waals surface area contributed by atoms with Crippen LogP contribution < -0.4 is 10.1 Å². The molecule has 4 aromatic rings. The molecule has 0 atom stereocenters. The number of nitrogens with one attached hydrogen (secondary N) is 1. The first kappa shape index (κ1) is 18.5. The number of carbonyl (C=O) groups excluding carboxylic acids is 1. The van der Waals surface area contributed by atoms with Crippen LogP contribution in [0.15, 0.2) is 48.5 Å². The van der Waals surface area contributed by atoms with Crippen molar-refractivity contribution < 1.29 is 9.53 Å². The molecule has 0 unspecified atom stereocenters. The zero-order chi connectivity index (χ0) is 19.8. The van der Waals surface area contributed by atoms with Crippen LogP contribution in [0.2, 0.25) is 5.02 Å². The minimum atomic E-state index is -0.191. The van der Waals surface area contributed by atoms with Gasteiger partial charge in [-0.05, 0) is 42.8 Å². The van der Waals surface area contributed by atoms with Crippen LogP contribution in [0.4, 0.5) is 5.69 Å². The predicted molar refractivity (Wildman–Crippen MR) is 115 cm³/mol. The van der Waals surface area contributed by atoms with Crippen LogP contribution in [0, 0.1) is 6.92 Å². The summed E-state index contributed by atoms with van der Waals surface area (Å²) in [7, 11) is 3.51. The fraction of sp³-hybridized carbons (Fsp3) is 0.143. The molecule has 0 spiro atoms. The Kier molecular flexibility index (Phi) is 4.83. The number of fused-ring (bicyclic) bond motifs is 1. The van der Waals surface area contributed by atoms with Crippen molar-refractivity contribution in [3.63, 3.8) is 0 Å². The van der Waals surface area contributed by atoms with Crippen LogP contribution in [-0.4, -0.2) is 22.8 Å². The van der Waals surface area contributed by atoms with Gasteiger partial charge in [0.25, 0.3) is 5.91 Å². The molecule has 142 valence electrons. The van der Waals surface area contributed by atoms with E-state index >= 15 is 0 Å². The van der Waals surface area contributed by atoms with Gasteiger partial charge in [0.2, 0.25) is 0 Å². The topological polar surface area (TPSA) is 56.2 Å². The van der Waals surface area contributed by atoms with Gasteiger partial charge in [0.1, 0.15) is 16.3 Å². The average molecular weight is 412 g/mol. The van der Waals surface area contributed by atoms with Crippen molar-refractivity contribution in [2.24, 2.45) is 7.05 Å². The number of hydrogen-bond donors (Lipinski definition) is 1. The van der Waals surface area contributed by atoms with E-state index in [1.807, 2.05) is 62.5 Å². The Labute approximate surface area is 171 Å². The molecule has 2 aromatic carbocycles. The Hall–Kier alpha value is -2.83. The quantitative estimate of drug-likeness (QED) is 0.480. The van der Waals surface area contributed by atoms with Gasteiger partial charge in [-0.25, -0.2) is 0 Å². The normalized spacial score (nSPS) is 11.0. The number of halogens is 1. The molecule has 2 aromatic heterocycles. The fourth-order valence-corrected chi connectivity index (χ4v) is 4.29. The number of nitrogens with zero attached hydrogens (tertiary/aromatic N) is 2. The van der Waals surface area contributed by atoms with Crippen LogP contribution in [0.3, 0.4) is 0 Å². The third-order valence-corrected chi connectivity index (χ3v) is 5.96. The summed E-state index contributed by atoms with van der Waals surface area (Å²) in [5, 5.41) is 8.97. The van der Waals surface area contributed by atoms with Crippen molar-refractivity contribution in [3.8, 4) is 17.0 Å². The number of aromatic nitrogens is 2. The number of amides is 1. The van der Waals surface area contributed by atoms with Crippen molar-refractivity contribution >= 4 is 44.7 Å². The number of carbonyl (C=O) groups is 1. The van der Waals surface area contributed by atoms with Gasteiger partial charge in [0.15, 0.2) is 0 Å². The molecule has 28 heavy (non-hydrogen) atoms. The largest absolute Gasteiger partial charge is 0.497 e. The molecule has 1 N–H and O–H groups in total. The number of benzene rings is 2. The highest BCUT2D eigenvalue weighted by atomic mass is 35.5. The average Bonchev–Trinajstić information content (AvgIpc) is 3.25. The lowest BCUT2D eigenvalue weighted by Crippen LogP contribution is -2.10. The number of hydrogen-bond acceptors (Lipinski definition) is 4. The smallest absolute Gasteiger partial charge is 0.265 e. The van der Waals surface area contributed by atoms with Gasteiger partial charge in [-0.3, -0.25) is 9.48 Å². The van der Waals surface area contributed by atoms with Gasteiger partial charge >= 0.3 is 0 Å². The highest BCUT2D eigenvalue weighted by Crippen LogP contribution is 2.35. The van der Waals surface area contributed by atoms with Crippen molar-refractivity contribution in [2.45, 2.75) is 6.92 Å². The second-order valence-corrected chi connectivity index (χ2v) is 7.91. The predicted octanol–water partition coefficient (Wildman–Crippen LogP) is 5.52. The summed E-state index contributed by atoms with van der Waals surface area (Å²) in [6.45, 7) is 1.95. The Morgan fingerprint density at radius 2 is 2.04 bits per heavy atom. The first-order valence-electron chi connectivity index (χ1n) is 8.64. The van der Waals surface area contributed by atoms with E-state index in [0.29, 0.717) is 15.6 Å². The third kappa shape index (κ3) is 3.37. The van der Waals surface area contributed by atoms with Gasteiger partial charge < -0.3 is 10.1 Å². The number of aryl methyl sites for hydroxylation is 2. The maximum atomic E-state index is 12.8. The molecular formula is C21H18ClN3O2S. The lowest BCUT2D eigenvalue weighted by molar-refractivity contribution is 0.103. The van der Waals surface area contributed by atoms with E-state index in [2.05, 4.69) is 10.4 Å². The molecule has 0 radical (unpaired) electrons. The number of methoxy groups -OCH3 is 1. The van der Waals surface area contributed by atoms with Gasteiger partial charge in [0, 0.05) is 18.0 Å². The van der Waals surface area contributed by atoms with Crippen molar-refractivity contribution in [3.05, 3.63) is 64.0 Å². The van der Waals surface area contributed by atoms with Crippen LogP contribution in [0.1, 0.15) is 15.2 Å². The van der Waals surface area contributed by atoms with E-state index in [4.69, 9.17) is 16.3 Å². The monoisotopic (exact) mass is 411 g/mol. The van der Waals surface area contributed by atoms with E-state index in [0.717, 1.165) is 32.8 Å². The second kappa shape index (κ2) is 7.30. The summed E-state index contributed by atoms with van der Waals surface area (Å²) in [5.74, 6) is 0.571. The molecule has 0 fully saturated rings. The number of thiophene rings is 1. The lowest BCUT2D eigenvalue weighted by atomic mass is 10.1. The van der Waals surface area contributed by atoms with Gasteiger partial charge in [-0.15, -0.1) is 11.3 Å². The summed E-state index contributed by atoms with van der Waals surface area (Å²) >= 11 is 7.64. The van der Waals surface area contributed by atoms with Crippen LogP contribution in [-0.2, 0) is 7.05 Å². The summed E-state index contributed by atoms with van der Waals surface area (Å²) < 4.78 is 7.11. The maximum absolute atomic E-state index is 12.8. The first-order chi connectivity index (χ1) is 13.5. The zero-order valence-corrected chi connectivity index (χ0v) is 17.2. The summed E-state index contributed by atoms with van der Waals surface area (Å²) in [4.78, 5) is 14.3. The summed E-state index contributed by atoms with van der Waals surface area (Å²) in [5.41, 5.74) is 3.40. The van der Waals surface area contributed by atoms with Crippen molar-refractivity contribution in [1.29, 1.82) is 0 Å². The Morgan fingerprint density at radius 1 is 1.21 bits per heavy atom. The highest BCUT2D eigenvalue weighted by molar-refractivity contribution is 7.20. The maximum Gasteiger partial charge on any atom is 0.265 e. The SMILES string of the molecule is COc1cccc(-c2nn(C)c3sc(C(=O)Nc4ccc(C)cc4Cl)cc23)c1. The number of ether oxygens (including phenoxy) is 1. The molecule has 0 aliphatic carbocycles. The third-order valence-electron chi connectivity index (χ3n) is 4.45. The lowest BCUT2D eigenvalue weighted by Gasteiger charge is -2.06. The molecule has 5 nitrogen and oxygen atoms in total. The van der Waals surface area contributed by atoms with Gasteiger partial charge in [-0.1, -0.05) is 29.8 Å². The molecule has 0 aliphatic rings. The van der Waals surface area contributed by atoms with Gasteiger partial charge in [0.05, 0.1) is 22.7 Å². The van der Waals surface area contributed by atoms with E-state index in [1.54, 1.807) is 11.8 Å².